The fourth-order valence-electron chi connectivity index (χ4n) is 2.70. The van der Waals surface area contributed by atoms with Crippen molar-refractivity contribution in [1.29, 1.82) is 0 Å². The number of pyridine rings is 1. The van der Waals surface area contributed by atoms with Gasteiger partial charge in [-0.15, -0.1) is 0 Å². The van der Waals surface area contributed by atoms with Gasteiger partial charge in [-0.1, -0.05) is 26.0 Å². The molecule has 146 valence electrons. The van der Waals surface area contributed by atoms with Crippen LogP contribution in [0.3, 0.4) is 0 Å². The molecule has 0 bridgehead atoms. The maximum atomic E-state index is 5.75. The number of aliphatic imine (C=N–C) groups is 1. The van der Waals surface area contributed by atoms with E-state index in [4.69, 9.17) is 4.74 Å². The number of rotatable bonds is 8. The second-order valence-electron chi connectivity index (χ2n) is 7.19. The topological polar surface area (TPSA) is 58.5 Å². The molecule has 1 aromatic heterocycles. The zero-order chi connectivity index (χ0) is 19.6. The van der Waals surface area contributed by atoms with Gasteiger partial charge < -0.3 is 15.4 Å². The number of aromatic nitrogens is 1. The molecule has 1 atom stereocenters. The number of aryl methyl sites for hydroxylation is 1. The minimum atomic E-state index is 0.151. The van der Waals surface area contributed by atoms with Gasteiger partial charge in [-0.25, -0.2) is 0 Å². The van der Waals surface area contributed by atoms with E-state index in [1.165, 1.54) is 16.7 Å². The molecule has 0 amide bonds. The lowest BCUT2D eigenvalue weighted by Crippen LogP contribution is -2.39. The quantitative estimate of drug-likeness (QED) is 0.548. The number of hydrogen-bond acceptors (Lipinski definition) is 3. The van der Waals surface area contributed by atoms with E-state index in [9.17, 15) is 0 Å². The third-order valence-corrected chi connectivity index (χ3v) is 4.36. The molecule has 0 saturated heterocycles. The summed E-state index contributed by atoms with van der Waals surface area (Å²) in [7, 11) is 1.79. The van der Waals surface area contributed by atoms with Crippen molar-refractivity contribution in [2.75, 3.05) is 20.2 Å². The Balaban J connectivity index is 1.83. The van der Waals surface area contributed by atoms with Crippen LogP contribution in [-0.2, 0) is 6.42 Å². The largest absolute Gasteiger partial charge is 0.493 e. The molecule has 0 radical (unpaired) electrons. The molecular weight excluding hydrogens is 336 g/mol. The van der Waals surface area contributed by atoms with Crippen LogP contribution in [0.15, 0.2) is 47.7 Å². The Labute approximate surface area is 163 Å². The van der Waals surface area contributed by atoms with E-state index in [2.05, 4.69) is 66.5 Å². The number of hydrogen-bond donors (Lipinski definition) is 2. The fourth-order valence-corrected chi connectivity index (χ4v) is 2.70. The van der Waals surface area contributed by atoms with Crippen LogP contribution in [0.4, 0.5) is 0 Å². The van der Waals surface area contributed by atoms with Crippen molar-refractivity contribution >= 4 is 5.96 Å². The van der Waals surface area contributed by atoms with Crippen LogP contribution in [0, 0.1) is 12.8 Å². The van der Waals surface area contributed by atoms with Crippen LogP contribution >= 0.6 is 0 Å². The summed E-state index contributed by atoms with van der Waals surface area (Å²) in [6, 6.07) is 10.5. The van der Waals surface area contributed by atoms with E-state index < -0.39 is 0 Å². The van der Waals surface area contributed by atoms with Crippen LogP contribution in [0.2, 0.25) is 0 Å². The van der Waals surface area contributed by atoms with Crippen LogP contribution in [0.25, 0.3) is 0 Å². The highest BCUT2D eigenvalue weighted by Crippen LogP contribution is 2.18. The van der Waals surface area contributed by atoms with Crippen molar-refractivity contribution in [2.24, 2.45) is 10.9 Å². The standard InChI is InChI=1S/C22H32N4O/c1-16(2)15-27-21-8-6-20(7-9-21)18(4)26-22(23-5)25-13-11-19-10-12-24-14-17(19)3/h6-10,12,14,16,18H,11,13,15H2,1-5H3,(H2,23,25,26). The molecule has 2 N–H and O–H groups in total. The van der Waals surface area contributed by atoms with E-state index in [1.54, 1.807) is 7.05 Å². The highest BCUT2D eigenvalue weighted by molar-refractivity contribution is 5.80. The molecule has 27 heavy (non-hydrogen) atoms. The van der Waals surface area contributed by atoms with Crippen molar-refractivity contribution < 1.29 is 4.74 Å². The fraction of sp³-hybridized carbons (Fsp3) is 0.455. The van der Waals surface area contributed by atoms with Crippen LogP contribution in [-0.4, -0.2) is 31.1 Å². The van der Waals surface area contributed by atoms with Crippen LogP contribution < -0.4 is 15.4 Å². The van der Waals surface area contributed by atoms with Gasteiger partial charge in [0.25, 0.3) is 0 Å². The number of nitrogens with zero attached hydrogens (tertiary/aromatic N) is 2. The molecule has 0 saturated carbocycles. The molecule has 0 fully saturated rings. The lowest BCUT2D eigenvalue weighted by molar-refractivity contribution is 0.271. The van der Waals surface area contributed by atoms with E-state index >= 15 is 0 Å². The zero-order valence-electron chi connectivity index (χ0n) is 17.1. The Kier molecular flexibility index (Phi) is 8.11. The van der Waals surface area contributed by atoms with Crippen molar-refractivity contribution in [1.82, 2.24) is 15.6 Å². The first-order chi connectivity index (χ1) is 13.0. The number of guanidine groups is 1. The third kappa shape index (κ3) is 6.93. The van der Waals surface area contributed by atoms with Gasteiger partial charge in [-0.3, -0.25) is 9.98 Å². The van der Waals surface area contributed by atoms with E-state index in [1.807, 2.05) is 24.5 Å². The second-order valence-corrected chi connectivity index (χ2v) is 7.19. The Hall–Kier alpha value is -2.56. The molecule has 5 heteroatoms. The van der Waals surface area contributed by atoms with E-state index in [0.717, 1.165) is 31.3 Å². The SMILES string of the molecule is CN=C(NCCc1ccncc1C)NC(C)c1ccc(OCC(C)C)cc1. The summed E-state index contributed by atoms with van der Waals surface area (Å²) in [4.78, 5) is 8.47. The zero-order valence-corrected chi connectivity index (χ0v) is 17.1. The summed E-state index contributed by atoms with van der Waals surface area (Å²) in [6.45, 7) is 10.1. The van der Waals surface area contributed by atoms with Gasteiger partial charge in [0.05, 0.1) is 12.6 Å². The molecule has 0 aliphatic carbocycles. The number of ether oxygens (including phenoxy) is 1. The van der Waals surface area contributed by atoms with Crippen molar-refractivity contribution in [3.8, 4) is 5.75 Å². The minimum Gasteiger partial charge on any atom is -0.493 e. The van der Waals surface area contributed by atoms with Gasteiger partial charge in [0.15, 0.2) is 5.96 Å². The van der Waals surface area contributed by atoms with Crippen LogP contribution in [0.5, 0.6) is 5.75 Å². The summed E-state index contributed by atoms with van der Waals surface area (Å²) in [6.07, 6.45) is 4.68. The van der Waals surface area contributed by atoms with Crippen LogP contribution in [0.1, 0.15) is 43.5 Å². The van der Waals surface area contributed by atoms with E-state index in [-0.39, 0.29) is 6.04 Å². The summed E-state index contributed by atoms with van der Waals surface area (Å²) < 4.78 is 5.75. The molecular formula is C22H32N4O. The maximum Gasteiger partial charge on any atom is 0.191 e. The molecule has 1 heterocycles. The molecule has 5 nitrogen and oxygen atoms in total. The molecule has 2 rings (SSSR count). The number of benzene rings is 1. The molecule has 0 spiro atoms. The van der Waals surface area contributed by atoms with Crippen molar-refractivity contribution in [3.63, 3.8) is 0 Å². The summed E-state index contributed by atoms with van der Waals surface area (Å²) in [5.41, 5.74) is 3.72. The lowest BCUT2D eigenvalue weighted by atomic mass is 10.1. The maximum absolute atomic E-state index is 5.75. The minimum absolute atomic E-state index is 0.151. The number of nitrogens with one attached hydrogen (secondary N) is 2. The van der Waals surface area contributed by atoms with Gasteiger partial charge in [-0.2, -0.15) is 0 Å². The van der Waals surface area contributed by atoms with Crippen molar-refractivity contribution in [3.05, 3.63) is 59.4 Å². The first kappa shape index (κ1) is 20.7. The molecule has 0 aliphatic rings. The Morgan fingerprint density at radius 3 is 2.52 bits per heavy atom. The van der Waals surface area contributed by atoms with Gasteiger partial charge in [0.1, 0.15) is 5.75 Å². The summed E-state index contributed by atoms with van der Waals surface area (Å²) in [5, 5.41) is 6.82. The monoisotopic (exact) mass is 368 g/mol. The Morgan fingerprint density at radius 2 is 1.89 bits per heavy atom. The Morgan fingerprint density at radius 1 is 1.15 bits per heavy atom. The normalized spacial score (nSPS) is 12.7. The van der Waals surface area contributed by atoms with Gasteiger partial charge in [0, 0.05) is 26.0 Å². The molecule has 2 aromatic rings. The van der Waals surface area contributed by atoms with Gasteiger partial charge in [0.2, 0.25) is 0 Å². The summed E-state index contributed by atoms with van der Waals surface area (Å²) in [5.74, 6) is 2.24. The van der Waals surface area contributed by atoms with E-state index in [0.29, 0.717) is 5.92 Å². The smallest absolute Gasteiger partial charge is 0.191 e. The average molecular weight is 369 g/mol. The summed E-state index contributed by atoms with van der Waals surface area (Å²) >= 11 is 0. The molecule has 1 aromatic carbocycles. The highest BCUT2D eigenvalue weighted by atomic mass is 16.5. The second kappa shape index (κ2) is 10.6. The first-order valence-corrected chi connectivity index (χ1v) is 9.59. The van der Waals surface area contributed by atoms with Gasteiger partial charge >= 0.3 is 0 Å². The van der Waals surface area contributed by atoms with Gasteiger partial charge in [-0.05, 0) is 61.1 Å². The first-order valence-electron chi connectivity index (χ1n) is 9.59. The lowest BCUT2D eigenvalue weighted by Gasteiger charge is -2.19. The third-order valence-electron chi connectivity index (χ3n) is 4.36. The van der Waals surface area contributed by atoms with Crippen molar-refractivity contribution in [2.45, 2.75) is 40.2 Å². The average Bonchev–Trinajstić information content (AvgIpc) is 2.67. The molecule has 0 aliphatic heterocycles. The molecule has 1 unspecified atom stereocenters. The highest BCUT2D eigenvalue weighted by Gasteiger charge is 2.08. The predicted molar refractivity (Wildman–Crippen MR) is 112 cm³/mol. The Bertz CT molecular complexity index is 725. The predicted octanol–water partition coefficient (Wildman–Crippen LogP) is 3.89.